The van der Waals surface area contributed by atoms with Crippen molar-refractivity contribution < 1.29 is 19.8 Å². The number of carbonyl (C=O) groups is 2. The van der Waals surface area contributed by atoms with Gasteiger partial charge < -0.3 is 10.2 Å². The maximum atomic E-state index is 12.5. The normalized spacial score (nSPS) is 15.5. The molecule has 2 amide bonds. The molecule has 1 saturated heterocycles. The molecule has 0 aromatic heterocycles. The Hall–Kier alpha value is -2.84. The fourth-order valence-corrected chi connectivity index (χ4v) is 3.47. The van der Waals surface area contributed by atoms with E-state index in [9.17, 15) is 19.8 Å². The van der Waals surface area contributed by atoms with E-state index in [1.165, 1.54) is 18.2 Å². The van der Waals surface area contributed by atoms with Gasteiger partial charge in [-0.3, -0.25) is 15.0 Å². The van der Waals surface area contributed by atoms with Crippen molar-refractivity contribution in [3.05, 3.63) is 64.6 Å². The molecule has 2 aromatic rings. The van der Waals surface area contributed by atoms with Crippen molar-refractivity contribution in [1.29, 1.82) is 0 Å². The second-order valence-electron chi connectivity index (χ2n) is 5.46. The number of nitrogens with zero attached hydrogens (tertiary/aromatic N) is 1. The van der Waals surface area contributed by atoms with Crippen molar-refractivity contribution in [1.82, 2.24) is 10.4 Å². The molecular weight excluding hydrogens is 372 g/mol. The fraction of sp³-hybridized carbons (Fsp3) is 0.0556. The van der Waals surface area contributed by atoms with E-state index in [1.54, 1.807) is 6.07 Å². The molecule has 1 aliphatic heterocycles. The summed E-state index contributed by atoms with van der Waals surface area (Å²) in [6.07, 6.45) is 1.66. The van der Waals surface area contributed by atoms with Crippen LogP contribution in [0.4, 0.5) is 0 Å². The second kappa shape index (κ2) is 7.59. The molecule has 1 heterocycles. The smallest absolute Gasteiger partial charge is 0.285 e. The molecule has 3 rings (SSSR count). The number of hydrogen-bond donors (Lipinski definition) is 3. The standard InChI is InChI=1S/C18H14N2O4S2/c21-13-7-6-12(8-14(13)22)9-15-17(24)20(18(25)26-15)19-16(23)10-11-4-2-1-3-5-11/h1-9,21-22H,10H2,(H,19,23)/b15-9-. The Labute approximate surface area is 159 Å². The summed E-state index contributed by atoms with van der Waals surface area (Å²) in [6, 6.07) is 13.4. The predicted octanol–water partition coefficient (Wildman–Crippen LogP) is 2.57. The molecule has 0 bridgehead atoms. The fourth-order valence-electron chi connectivity index (χ4n) is 2.29. The number of rotatable bonds is 4. The summed E-state index contributed by atoms with van der Waals surface area (Å²) in [5.74, 6) is -1.33. The maximum absolute atomic E-state index is 12.5. The molecule has 2 aromatic carbocycles. The molecule has 0 spiro atoms. The molecule has 6 nitrogen and oxygen atoms in total. The van der Waals surface area contributed by atoms with Crippen LogP contribution in [0.25, 0.3) is 6.08 Å². The zero-order valence-corrected chi connectivity index (χ0v) is 15.0. The monoisotopic (exact) mass is 386 g/mol. The first-order valence-electron chi connectivity index (χ1n) is 7.57. The van der Waals surface area contributed by atoms with Gasteiger partial charge >= 0.3 is 0 Å². The molecular formula is C18H14N2O4S2. The van der Waals surface area contributed by atoms with E-state index in [-0.39, 0.29) is 28.1 Å². The van der Waals surface area contributed by atoms with E-state index in [4.69, 9.17) is 12.2 Å². The van der Waals surface area contributed by atoms with E-state index < -0.39 is 5.91 Å². The predicted molar refractivity (Wildman–Crippen MR) is 103 cm³/mol. The molecule has 0 radical (unpaired) electrons. The van der Waals surface area contributed by atoms with E-state index in [2.05, 4.69) is 5.43 Å². The number of benzene rings is 2. The van der Waals surface area contributed by atoms with Crippen LogP contribution in [0, 0.1) is 0 Å². The Morgan fingerprint density at radius 3 is 2.58 bits per heavy atom. The van der Waals surface area contributed by atoms with Gasteiger partial charge in [-0.05, 0) is 41.6 Å². The third-order valence-electron chi connectivity index (χ3n) is 3.53. The molecule has 1 aliphatic rings. The first-order valence-corrected chi connectivity index (χ1v) is 8.80. The van der Waals surface area contributed by atoms with Crippen molar-refractivity contribution in [2.24, 2.45) is 0 Å². The van der Waals surface area contributed by atoms with Crippen LogP contribution in [-0.4, -0.2) is 31.4 Å². The third kappa shape index (κ3) is 4.04. The number of phenols is 2. The van der Waals surface area contributed by atoms with Crippen LogP contribution in [0.1, 0.15) is 11.1 Å². The summed E-state index contributed by atoms with van der Waals surface area (Å²) in [7, 11) is 0. The number of aromatic hydroxyl groups is 2. The lowest BCUT2D eigenvalue weighted by Crippen LogP contribution is -2.45. The van der Waals surface area contributed by atoms with Gasteiger partial charge in [0.1, 0.15) is 0 Å². The summed E-state index contributed by atoms with van der Waals surface area (Å²) in [6.45, 7) is 0. The Kier molecular flexibility index (Phi) is 5.24. The second-order valence-corrected chi connectivity index (χ2v) is 7.14. The van der Waals surface area contributed by atoms with Crippen molar-refractivity contribution >= 4 is 46.2 Å². The van der Waals surface area contributed by atoms with Gasteiger partial charge in [0.05, 0.1) is 11.3 Å². The van der Waals surface area contributed by atoms with Crippen molar-refractivity contribution in [3.63, 3.8) is 0 Å². The summed E-state index contributed by atoms with van der Waals surface area (Å²) in [5, 5.41) is 19.9. The minimum absolute atomic E-state index is 0.128. The summed E-state index contributed by atoms with van der Waals surface area (Å²) in [5.41, 5.74) is 3.86. The van der Waals surface area contributed by atoms with Gasteiger partial charge in [0.2, 0.25) is 5.91 Å². The highest BCUT2D eigenvalue weighted by Gasteiger charge is 2.33. The summed E-state index contributed by atoms with van der Waals surface area (Å²) in [4.78, 5) is 24.9. The van der Waals surface area contributed by atoms with E-state index in [0.29, 0.717) is 10.5 Å². The minimum Gasteiger partial charge on any atom is -0.504 e. The first-order chi connectivity index (χ1) is 12.4. The quantitative estimate of drug-likeness (QED) is 0.425. The lowest BCUT2D eigenvalue weighted by Gasteiger charge is -2.15. The molecule has 1 fully saturated rings. The maximum Gasteiger partial charge on any atom is 0.285 e. The van der Waals surface area contributed by atoms with E-state index >= 15 is 0 Å². The number of carbonyl (C=O) groups excluding carboxylic acids is 2. The molecule has 0 aliphatic carbocycles. The number of amides is 2. The van der Waals surface area contributed by atoms with Crippen molar-refractivity contribution in [2.75, 3.05) is 0 Å². The molecule has 8 heteroatoms. The number of nitrogens with one attached hydrogen (secondary N) is 1. The Morgan fingerprint density at radius 2 is 1.88 bits per heavy atom. The van der Waals surface area contributed by atoms with Crippen LogP contribution in [-0.2, 0) is 16.0 Å². The lowest BCUT2D eigenvalue weighted by atomic mass is 10.1. The van der Waals surface area contributed by atoms with Crippen molar-refractivity contribution in [3.8, 4) is 11.5 Å². The topological polar surface area (TPSA) is 89.9 Å². The van der Waals surface area contributed by atoms with Gasteiger partial charge in [0, 0.05) is 0 Å². The number of thioether (sulfide) groups is 1. The van der Waals surface area contributed by atoms with Gasteiger partial charge in [0.15, 0.2) is 15.8 Å². The van der Waals surface area contributed by atoms with Crippen molar-refractivity contribution in [2.45, 2.75) is 6.42 Å². The minimum atomic E-state index is -0.450. The Balaban J connectivity index is 1.71. The van der Waals surface area contributed by atoms with Crippen LogP contribution in [0.3, 0.4) is 0 Å². The third-order valence-corrected chi connectivity index (χ3v) is 4.84. The summed E-state index contributed by atoms with van der Waals surface area (Å²) < 4.78 is 0.214. The SMILES string of the molecule is O=C(Cc1ccccc1)NN1C(=O)/C(=C/c2ccc(O)c(O)c2)SC1=S. The number of hydrogen-bond acceptors (Lipinski definition) is 6. The van der Waals surface area contributed by atoms with Gasteiger partial charge in [-0.2, -0.15) is 5.01 Å². The highest BCUT2D eigenvalue weighted by molar-refractivity contribution is 8.26. The average Bonchev–Trinajstić information content (AvgIpc) is 2.86. The van der Waals surface area contributed by atoms with Gasteiger partial charge in [-0.25, -0.2) is 0 Å². The zero-order chi connectivity index (χ0) is 18.7. The molecule has 3 N–H and O–H groups in total. The van der Waals surface area contributed by atoms with Gasteiger partial charge in [-0.15, -0.1) is 0 Å². The Bertz CT molecular complexity index is 913. The zero-order valence-electron chi connectivity index (χ0n) is 13.4. The molecule has 0 atom stereocenters. The molecule has 0 unspecified atom stereocenters. The largest absolute Gasteiger partial charge is 0.504 e. The highest BCUT2D eigenvalue weighted by Crippen LogP contribution is 2.33. The molecule has 132 valence electrons. The number of thiocarbonyl (C=S) groups is 1. The van der Waals surface area contributed by atoms with E-state index in [0.717, 1.165) is 22.3 Å². The van der Waals surface area contributed by atoms with E-state index in [1.807, 2.05) is 30.3 Å². The van der Waals surface area contributed by atoms with Crippen LogP contribution >= 0.6 is 24.0 Å². The van der Waals surface area contributed by atoms with Crippen LogP contribution in [0.15, 0.2) is 53.4 Å². The molecule has 0 saturated carbocycles. The number of hydrazine groups is 1. The Morgan fingerprint density at radius 1 is 1.15 bits per heavy atom. The lowest BCUT2D eigenvalue weighted by molar-refractivity contribution is -0.132. The summed E-state index contributed by atoms with van der Waals surface area (Å²) >= 11 is 6.21. The van der Waals surface area contributed by atoms with Crippen LogP contribution in [0.2, 0.25) is 0 Å². The number of phenolic OH excluding ortho intramolecular Hbond substituents is 2. The first kappa shape index (κ1) is 18.0. The van der Waals surface area contributed by atoms with Gasteiger partial charge in [0.25, 0.3) is 5.91 Å². The average molecular weight is 386 g/mol. The highest BCUT2D eigenvalue weighted by atomic mass is 32.2. The molecule has 26 heavy (non-hydrogen) atoms. The van der Waals surface area contributed by atoms with Crippen LogP contribution < -0.4 is 5.43 Å². The van der Waals surface area contributed by atoms with Gasteiger partial charge in [-0.1, -0.05) is 48.2 Å². The van der Waals surface area contributed by atoms with Crippen LogP contribution in [0.5, 0.6) is 11.5 Å².